The highest BCUT2D eigenvalue weighted by Gasteiger charge is 2.30. The van der Waals surface area contributed by atoms with Crippen molar-refractivity contribution in [2.75, 3.05) is 13.7 Å². The lowest BCUT2D eigenvalue weighted by Gasteiger charge is -2.29. The second-order valence-electron chi connectivity index (χ2n) is 8.92. The lowest BCUT2D eigenvalue weighted by Crippen LogP contribution is -2.27. The number of rotatable bonds is 11. The molecule has 1 heterocycles. The molecule has 0 unspecified atom stereocenters. The molecule has 2 aromatic rings. The minimum atomic E-state index is -0.493. The monoisotopic (exact) mass is 480 g/mol. The third-order valence-corrected chi connectivity index (χ3v) is 7.06. The summed E-state index contributed by atoms with van der Waals surface area (Å²) in [5, 5.41) is 0.0836. The van der Waals surface area contributed by atoms with Gasteiger partial charge in [0.15, 0.2) is 0 Å². The van der Waals surface area contributed by atoms with Crippen LogP contribution in [0.1, 0.15) is 63.3 Å². The number of hydrogen-bond acceptors (Lipinski definition) is 6. The second kappa shape index (κ2) is 11.3. The Morgan fingerprint density at radius 3 is 2.47 bits per heavy atom. The van der Waals surface area contributed by atoms with Crippen LogP contribution >= 0.6 is 11.3 Å². The van der Waals surface area contributed by atoms with E-state index in [0.29, 0.717) is 40.7 Å². The Morgan fingerprint density at radius 2 is 1.88 bits per heavy atom. The fraction of sp³-hybridized carbons (Fsp3) is 0.542. The fourth-order valence-electron chi connectivity index (χ4n) is 2.84. The molecule has 2 rings (SSSR count). The molecule has 0 saturated carbocycles. The van der Waals surface area contributed by atoms with Gasteiger partial charge in [0.1, 0.15) is 23.9 Å². The molecular weight excluding hydrogens is 447 g/mol. The first kappa shape index (κ1) is 26.4. The van der Waals surface area contributed by atoms with E-state index in [2.05, 4.69) is 20.8 Å². The Bertz CT molecular complexity index is 904. The van der Waals surface area contributed by atoms with Crippen molar-refractivity contribution in [1.29, 1.82) is 0 Å². The van der Waals surface area contributed by atoms with E-state index in [1.807, 2.05) is 19.9 Å². The van der Waals surface area contributed by atoms with Crippen molar-refractivity contribution in [3.8, 4) is 11.5 Å². The van der Waals surface area contributed by atoms with E-state index in [9.17, 15) is 9.18 Å². The van der Waals surface area contributed by atoms with Gasteiger partial charge in [0.2, 0.25) is 9.76 Å². The molecular formula is C24H33FO5SSi. The molecule has 0 aliphatic heterocycles. The first-order valence-corrected chi connectivity index (χ1v) is 12.4. The van der Waals surface area contributed by atoms with Crippen LogP contribution in [0.3, 0.4) is 0 Å². The van der Waals surface area contributed by atoms with E-state index >= 15 is 0 Å². The predicted molar refractivity (Wildman–Crippen MR) is 126 cm³/mol. The van der Waals surface area contributed by atoms with Gasteiger partial charge in [-0.05, 0) is 49.9 Å². The van der Waals surface area contributed by atoms with Crippen molar-refractivity contribution in [2.24, 2.45) is 0 Å². The molecule has 176 valence electrons. The molecule has 0 N–H and O–H groups in total. The van der Waals surface area contributed by atoms with E-state index in [0.717, 1.165) is 15.5 Å². The van der Waals surface area contributed by atoms with Crippen LogP contribution in [0.4, 0.5) is 4.39 Å². The Morgan fingerprint density at radius 1 is 1.16 bits per heavy atom. The van der Waals surface area contributed by atoms with E-state index in [4.69, 9.17) is 18.6 Å². The van der Waals surface area contributed by atoms with Gasteiger partial charge in [-0.3, -0.25) is 4.79 Å². The van der Waals surface area contributed by atoms with Gasteiger partial charge >= 0.3 is 5.97 Å². The summed E-state index contributed by atoms with van der Waals surface area (Å²) in [5.74, 6) is 0.470. The topological polar surface area (TPSA) is 54.0 Å². The van der Waals surface area contributed by atoms with Crippen molar-refractivity contribution in [1.82, 2.24) is 0 Å². The van der Waals surface area contributed by atoms with Gasteiger partial charge in [0, 0.05) is 17.4 Å². The molecule has 8 heteroatoms. The SMILES string of the molecule is CCOC(=O)CCc1ccc(OCc2cc(OC)c(C(C)(C)O[Si]C(C)(C)C)s2)cc1F. The van der Waals surface area contributed by atoms with Crippen LogP contribution in [-0.4, -0.2) is 29.4 Å². The Hall–Kier alpha value is -1.90. The number of thiophene rings is 1. The first-order chi connectivity index (χ1) is 14.9. The Kier molecular flexibility index (Phi) is 9.30. The molecule has 0 saturated heterocycles. The zero-order chi connectivity index (χ0) is 23.9. The standard InChI is InChI=1S/C24H33FO5SSi/c1-8-28-21(26)12-10-16-9-11-17(13-19(16)25)29-15-18-14-20(27-7)22(31-18)24(5,6)30-32-23(2,3)4/h9,11,13-14H,8,10,12,15H2,1-7H3. The number of benzene rings is 1. The minimum Gasteiger partial charge on any atom is -0.495 e. The molecule has 32 heavy (non-hydrogen) atoms. The van der Waals surface area contributed by atoms with Gasteiger partial charge < -0.3 is 18.6 Å². The molecule has 0 amide bonds. The van der Waals surface area contributed by atoms with Crippen LogP contribution in [-0.2, 0) is 32.6 Å². The van der Waals surface area contributed by atoms with E-state index in [-0.39, 0.29) is 17.4 Å². The van der Waals surface area contributed by atoms with Gasteiger partial charge in [-0.2, -0.15) is 0 Å². The van der Waals surface area contributed by atoms with Crippen LogP contribution in [0, 0.1) is 5.82 Å². The number of carbonyl (C=O) groups is 1. The third-order valence-electron chi connectivity index (χ3n) is 4.44. The van der Waals surface area contributed by atoms with Gasteiger partial charge in [0.25, 0.3) is 0 Å². The average Bonchev–Trinajstić information content (AvgIpc) is 3.14. The predicted octanol–water partition coefficient (Wildman–Crippen LogP) is 6.06. The highest BCUT2D eigenvalue weighted by atomic mass is 32.1. The summed E-state index contributed by atoms with van der Waals surface area (Å²) in [6, 6.07) is 6.65. The molecule has 0 bridgehead atoms. The van der Waals surface area contributed by atoms with Gasteiger partial charge in [-0.15, -0.1) is 11.3 Å². The molecule has 0 atom stereocenters. The maximum Gasteiger partial charge on any atom is 0.306 e. The average molecular weight is 481 g/mol. The van der Waals surface area contributed by atoms with Crippen molar-refractivity contribution in [2.45, 2.75) is 71.6 Å². The first-order valence-electron chi connectivity index (χ1n) is 10.6. The minimum absolute atomic E-state index is 0.0836. The van der Waals surface area contributed by atoms with Crippen molar-refractivity contribution in [3.63, 3.8) is 0 Å². The lowest BCUT2D eigenvalue weighted by molar-refractivity contribution is -0.143. The molecule has 1 aromatic heterocycles. The van der Waals surface area contributed by atoms with Crippen molar-refractivity contribution in [3.05, 3.63) is 45.4 Å². The van der Waals surface area contributed by atoms with Crippen molar-refractivity contribution >= 4 is 27.1 Å². The lowest BCUT2D eigenvalue weighted by atomic mass is 10.1. The number of methoxy groups -OCH3 is 1. The maximum absolute atomic E-state index is 14.4. The summed E-state index contributed by atoms with van der Waals surface area (Å²) in [4.78, 5) is 13.4. The maximum atomic E-state index is 14.4. The normalized spacial score (nSPS) is 12.0. The zero-order valence-electron chi connectivity index (χ0n) is 20.0. The molecule has 0 spiro atoms. The van der Waals surface area contributed by atoms with Gasteiger partial charge in [-0.25, -0.2) is 4.39 Å². The second-order valence-corrected chi connectivity index (χ2v) is 12.0. The molecule has 0 aliphatic rings. The Labute approximate surface area is 197 Å². The fourth-order valence-corrected chi connectivity index (χ4v) is 4.65. The van der Waals surface area contributed by atoms with Crippen LogP contribution in [0.2, 0.25) is 5.04 Å². The summed E-state index contributed by atoms with van der Waals surface area (Å²) >= 11 is 1.57. The van der Waals surface area contributed by atoms with E-state index in [1.54, 1.807) is 37.5 Å². The van der Waals surface area contributed by atoms with Crippen LogP contribution in [0.15, 0.2) is 24.3 Å². The number of halogens is 1. The van der Waals surface area contributed by atoms with E-state index in [1.165, 1.54) is 6.07 Å². The number of carbonyl (C=O) groups excluding carboxylic acids is 1. The number of esters is 1. The smallest absolute Gasteiger partial charge is 0.306 e. The van der Waals surface area contributed by atoms with Crippen LogP contribution in [0.25, 0.3) is 0 Å². The highest BCUT2D eigenvalue weighted by molar-refractivity contribution is 7.12. The molecule has 5 nitrogen and oxygen atoms in total. The zero-order valence-corrected chi connectivity index (χ0v) is 21.8. The van der Waals surface area contributed by atoms with Crippen molar-refractivity contribution < 1.29 is 27.8 Å². The van der Waals surface area contributed by atoms with Gasteiger partial charge in [0.05, 0.1) is 24.2 Å². The third kappa shape index (κ3) is 7.90. The van der Waals surface area contributed by atoms with E-state index < -0.39 is 11.4 Å². The highest BCUT2D eigenvalue weighted by Crippen LogP contribution is 2.41. The van der Waals surface area contributed by atoms with Gasteiger partial charge in [-0.1, -0.05) is 26.8 Å². The van der Waals surface area contributed by atoms with Crippen LogP contribution in [0.5, 0.6) is 11.5 Å². The number of aryl methyl sites for hydroxylation is 1. The molecule has 1 aromatic carbocycles. The summed E-state index contributed by atoms with van der Waals surface area (Å²) in [5.41, 5.74) is -0.0313. The summed E-state index contributed by atoms with van der Waals surface area (Å²) in [6.45, 7) is 12.9. The largest absolute Gasteiger partial charge is 0.495 e. The summed E-state index contributed by atoms with van der Waals surface area (Å²) in [6.07, 6.45) is 0.442. The molecule has 0 aliphatic carbocycles. The number of ether oxygens (including phenoxy) is 3. The van der Waals surface area contributed by atoms with Crippen LogP contribution < -0.4 is 9.47 Å². The number of hydrogen-bond donors (Lipinski definition) is 0. The quantitative estimate of drug-likeness (QED) is 0.289. The Balaban J connectivity index is 2.03. The summed E-state index contributed by atoms with van der Waals surface area (Å²) in [7, 11) is 1.99. The molecule has 0 fully saturated rings. The summed E-state index contributed by atoms with van der Waals surface area (Å²) < 4.78 is 36.9. The molecule has 2 radical (unpaired) electrons.